The minimum absolute atomic E-state index is 0.0837. The van der Waals surface area contributed by atoms with E-state index in [4.69, 9.17) is 9.20 Å². The highest BCUT2D eigenvalue weighted by Crippen LogP contribution is 2.45. The van der Waals surface area contributed by atoms with Crippen LogP contribution in [0, 0.1) is 22.0 Å². The van der Waals surface area contributed by atoms with Crippen LogP contribution in [-0.2, 0) is 39.4 Å². The molecular weight excluding hydrogens is 424 g/mol. The van der Waals surface area contributed by atoms with E-state index in [9.17, 15) is 19.4 Å². The second-order valence-electron chi connectivity index (χ2n) is 9.79. The van der Waals surface area contributed by atoms with Crippen molar-refractivity contribution in [2.75, 3.05) is 5.75 Å². The molecule has 2 N–H and O–H groups in total. The molecule has 2 atom stereocenters. The fourth-order valence-corrected chi connectivity index (χ4v) is 6.02. The van der Waals surface area contributed by atoms with Crippen LogP contribution in [0.5, 0.6) is 0 Å². The van der Waals surface area contributed by atoms with Gasteiger partial charge in [-0.05, 0) is 86.1 Å². The Bertz CT molecular complexity index is 1210. The molecule has 2 aliphatic carbocycles. The van der Waals surface area contributed by atoms with E-state index in [2.05, 4.69) is 13.0 Å². The maximum absolute atomic E-state index is 13.1. The molecule has 32 heavy (non-hydrogen) atoms. The number of furan rings is 1. The lowest BCUT2D eigenvalue weighted by Crippen LogP contribution is -2.19. The molecule has 6 nitrogen and oxygen atoms in total. The van der Waals surface area contributed by atoms with Gasteiger partial charge < -0.3 is 9.52 Å². The Morgan fingerprint density at radius 3 is 2.62 bits per heavy atom. The summed E-state index contributed by atoms with van der Waals surface area (Å²) in [6.07, 6.45) is 6.40. The topological polar surface area (TPSA) is 115 Å². The van der Waals surface area contributed by atoms with Crippen molar-refractivity contribution in [3.8, 4) is 6.07 Å². The van der Waals surface area contributed by atoms with E-state index in [1.807, 2.05) is 6.07 Å². The largest absolute Gasteiger partial charge is 0.454 e. The molecule has 7 heteroatoms. The minimum Gasteiger partial charge on any atom is -0.454 e. The van der Waals surface area contributed by atoms with Gasteiger partial charge in [-0.3, -0.25) is 4.79 Å². The van der Waals surface area contributed by atoms with Gasteiger partial charge in [-0.25, -0.2) is 8.99 Å². The lowest BCUT2D eigenvalue weighted by Gasteiger charge is -2.21. The lowest BCUT2D eigenvalue weighted by atomic mass is 9.84. The average molecular weight is 455 g/mol. The average Bonchev–Trinajstić information content (AvgIpc) is 3.21. The second kappa shape index (κ2) is 8.17. The fraction of sp³-hybridized carbons (Fsp3) is 0.520. The number of nitrogens with one attached hydrogen (secondary N) is 1. The molecule has 2 aliphatic rings. The van der Waals surface area contributed by atoms with Crippen molar-refractivity contribution in [3.05, 3.63) is 51.8 Å². The number of benzene rings is 1. The van der Waals surface area contributed by atoms with E-state index >= 15 is 0 Å². The monoisotopic (exact) mass is 454 g/mol. The van der Waals surface area contributed by atoms with Crippen molar-refractivity contribution < 1.29 is 18.5 Å². The summed E-state index contributed by atoms with van der Waals surface area (Å²) in [5, 5.41) is 19.7. The summed E-state index contributed by atoms with van der Waals surface area (Å²) in [4.78, 5) is 13.1. The standard InChI is InChI=1S/C25H30N2O4S/c1-15(16-7-8-16)22-9-17(12-26)20-5-4-6-21(20)23(22)11-19(28)14-32(27,30)24-10-18(13-31-24)25(2,3)29/h9-10,13,15-16,27,29H,4-8,11,14H2,1-3H3/t15-,32+/m0/s1. The Kier molecular flexibility index (Phi) is 5.81. The number of rotatable bonds is 8. The van der Waals surface area contributed by atoms with Crippen molar-refractivity contribution in [2.45, 2.75) is 75.9 Å². The van der Waals surface area contributed by atoms with Crippen LogP contribution < -0.4 is 0 Å². The summed E-state index contributed by atoms with van der Waals surface area (Å²) >= 11 is 0. The Labute approximate surface area is 189 Å². The zero-order valence-corrected chi connectivity index (χ0v) is 19.7. The third-order valence-electron chi connectivity index (χ3n) is 6.84. The highest BCUT2D eigenvalue weighted by atomic mass is 32.2. The number of Topliss-reactive ketones (excluding diaryl/α,β-unsaturated/α-hetero) is 1. The smallest absolute Gasteiger partial charge is 0.199 e. The van der Waals surface area contributed by atoms with E-state index in [0.29, 0.717) is 11.5 Å². The lowest BCUT2D eigenvalue weighted by molar-refractivity contribution is -0.116. The van der Waals surface area contributed by atoms with Crippen molar-refractivity contribution in [1.82, 2.24) is 0 Å². The van der Waals surface area contributed by atoms with Gasteiger partial charge >= 0.3 is 0 Å². The SMILES string of the molecule is C[C@H](c1cc(C#N)c2c(c1CC(=O)C[S@@](=N)(=O)c1cc(C(C)(C)O)co1)CCC2)C1CC1. The van der Waals surface area contributed by atoms with Crippen LogP contribution in [0.3, 0.4) is 0 Å². The summed E-state index contributed by atoms with van der Waals surface area (Å²) in [5.74, 6) is 0.154. The van der Waals surface area contributed by atoms with Gasteiger partial charge in [0.25, 0.3) is 0 Å². The summed E-state index contributed by atoms with van der Waals surface area (Å²) in [6.45, 7) is 5.32. The minimum atomic E-state index is -3.46. The molecule has 1 aromatic carbocycles. The molecule has 4 rings (SSSR count). The van der Waals surface area contributed by atoms with Crippen LogP contribution in [-0.4, -0.2) is 20.9 Å². The van der Waals surface area contributed by atoms with Crippen LogP contribution in [0.4, 0.5) is 0 Å². The van der Waals surface area contributed by atoms with Crippen molar-refractivity contribution in [2.24, 2.45) is 5.92 Å². The van der Waals surface area contributed by atoms with E-state index in [1.165, 1.54) is 12.3 Å². The van der Waals surface area contributed by atoms with Crippen LogP contribution >= 0.6 is 0 Å². The highest BCUT2D eigenvalue weighted by molar-refractivity contribution is 7.93. The molecule has 0 radical (unpaired) electrons. The maximum Gasteiger partial charge on any atom is 0.199 e. The van der Waals surface area contributed by atoms with Crippen LogP contribution in [0.25, 0.3) is 0 Å². The molecule has 170 valence electrons. The number of ketones is 1. The third-order valence-corrected chi connectivity index (χ3v) is 8.43. The first-order valence-corrected chi connectivity index (χ1v) is 12.9. The van der Waals surface area contributed by atoms with E-state index in [-0.39, 0.29) is 23.2 Å². The number of hydrogen-bond acceptors (Lipinski definition) is 6. The Balaban J connectivity index is 1.62. The van der Waals surface area contributed by atoms with Gasteiger partial charge in [-0.15, -0.1) is 0 Å². The van der Waals surface area contributed by atoms with Gasteiger partial charge in [0.15, 0.2) is 10.9 Å². The molecule has 1 saturated carbocycles. The summed E-state index contributed by atoms with van der Waals surface area (Å²) < 4.78 is 26.6. The quantitative estimate of drug-likeness (QED) is 0.605. The Hall–Kier alpha value is -2.43. The van der Waals surface area contributed by atoms with Gasteiger partial charge in [0.1, 0.15) is 9.73 Å². The number of carbonyl (C=O) groups is 1. The normalized spacial score (nSPS) is 18.6. The van der Waals surface area contributed by atoms with Gasteiger partial charge in [0.2, 0.25) is 0 Å². The predicted octanol–water partition coefficient (Wildman–Crippen LogP) is 4.60. The highest BCUT2D eigenvalue weighted by Gasteiger charge is 2.33. The fourth-order valence-electron chi connectivity index (χ4n) is 4.80. The molecule has 0 saturated heterocycles. The number of nitriles is 1. The molecule has 1 heterocycles. The van der Waals surface area contributed by atoms with Gasteiger partial charge in [0, 0.05) is 18.1 Å². The summed E-state index contributed by atoms with van der Waals surface area (Å²) in [5.41, 5.74) is 4.16. The molecule has 2 aromatic rings. The van der Waals surface area contributed by atoms with E-state index < -0.39 is 21.1 Å². The third kappa shape index (κ3) is 4.39. The van der Waals surface area contributed by atoms with Crippen LogP contribution in [0.1, 0.15) is 79.3 Å². The second-order valence-corrected chi connectivity index (χ2v) is 11.8. The number of carbonyl (C=O) groups excluding carboxylic acids is 1. The zero-order chi connectivity index (χ0) is 23.3. The maximum atomic E-state index is 13.1. The molecule has 0 unspecified atom stereocenters. The van der Waals surface area contributed by atoms with Gasteiger partial charge in [-0.2, -0.15) is 5.26 Å². The summed E-state index contributed by atoms with van der Waals surface area (Å²) in [6, 6.07) is 5.72. The van der Waals surface area contributed by atoms with Crippen LogP contribution in [0.15, 0.2) is 27.9 Å². The number of fused-ring (bicyclic) bond motifs is 1. The van der Waals surface area contributed by atoms with Crippen molar-refractivity contribution in [3.63, 3.8) is 0 Å². The first-order valence-electron chi connectivity index (χ1n) is 11.2. The van der Waals surface area contributed by atoms with Crippen LogP contribution in [0.2, 0.25) is 0 Å². The molecule has 0 spiro atoms. The predicted molar refractivity (Wildman–Crippen MR) is 121 cm³/mol. The first kappa shape index (κ1) is 22.8. The Morgan fingerprint density at radius 1 is 1.34 bits per heavy atom. The number of nitrogens with zero attached hydrogens (tertiary/aromatic N) is 1. The molecule has 0 bridgehead atoms. The van der Waals surface area contributed by atoms with Gasteiger partial charge in [-0.1, -0.05) is 6.92 Å². The molecule has 1 aromatic heterocycles. The van der Waals surface area contributed by atoms with E-state index in [1.54, 1.807) is 13.8 Å². The summed E-state index contributed by atoms with van der Waals surface area (Å²) in [7, 11) is -3.46. The number of hydrogen-bond donors (Lipinski definition) is 2. The number of aliphatic hydroxyl groups is 1. The van der Waals surface area contributed by atoms with E-state index in [0.717, 1.165) is 59.9 Å². The molecule has 1 fully saturated rings. The zero-order valence-electron chi connectivity index (χ0n) is 18.9. The molecular formula is C25H30N2O4S. The van der Waals surface area contributed by atoms with Crippen molar-refractivity contribution in [1.29, 1.82) is 10.0 Å². The van der Waals surface area contributed by atoms with Crippen molar-refractivity contribution >= 4 is 15.5 Å². The molecule has 0 amide bonds. The Morgan fingerprint density at radius 2 is 2.03 bits per heavy atom. The molecule has 0 aliphatic heterocycles. The first-order chi connectivity index (χ1) is 15.0. The van der Waals surface area contributed by atoms with Gasteiger partial charge in [0.05, 0.1) is 29.2 Å².